The summed E-state index contributed by atoms with van der Waals surface area (Å²) in [4.78, 5) is 25.0. The summed E-state index contributed by atoms with van der Waals surface area (Å²) in [5, 5.41) is 6.91. The molecule has 4 rings (SSSR count). The van der Waals surface area contributed by atoms with Crippen molar-refractivity contribution in [3.05, 3.63) is 76.7 Å². The van der Waals surface area contributed by atoms with E-state index in [-0.39, 0.29) is 25.2 Å². The van der Waals surface area contributed by atoms with Crippen LogP contribution in [0.5, 0.6) is 11.5 Å². The number of carbonyl (C=O) groups is 2. The van der Waals surface area contributed by atoms with Crippen molar-refractivity contribution in [1.29, 1.82) is 0 Å². The number of rotatable bonds is 10. The molecule has 178 valence electrons. The molecular formula is C26H28N2O6. The monoisotopic (exact) mass is 464 g/mol. The van der Waals surface area contributed by atoms with Crippen LogP contribution in [0, 0.1) is 19.8 Å². The molecule has 34 heavy (non-hydrogen) atoms. The summed E-state index contributed by atoms with van der Waals surface area (Å²) in [5.74, 6) is 1.42. The Bertz CT molecular complexity index is 1130. The lowest BCUT2D eigenvalue weighted by molar-refractivity contribution is -0.125. The molecule has 0 aliphatic heterocycles. The molecule has 1 aromatic heterocycles. The minimum Gasteiger partial charge on any atom is -0.497 e. The molecule has 1 saturated carbocycles. The predicted molar refractivity (Wildman–Crippen MR) is 124 cm³/mol. The van der Waals surface area contributed by atoms with E-state index in [1.165, 1.54) is 0 Å². The Balaban J connectivity index is 1.31. The van der Waals surface area contributed by atoms with Gasteiger partial charge in [-0.25, -0.2) is 4.79 Å². The van der Waals surface area contributed by atoms with Crippen LogP contribution >= 0.6 is 0 Å². The Morgan fingerprint density at radius 3 is 2.53 bits per heavy atom. The minimum atomic E-state index is -0.592. The van der Waals surface area contributed by atoms with Crippen molar-refractivity contribution >= 4 is 11.9 Å². The number of esters is 1. The normalized spacial score (nSPS) is 13.7. The molecule has 1 heterocycles. The highest BCUT2D eigenvalue weighted by molar-refractivity contribution is 5.91. The largest absolute Gasteiger partial charge is 0.497 e. The van der Waals surface area contributed by atoms with Gasteiger partial charge in [-0.3, -0.25) is 4.79 Å². The Morgan fingerprint density at radius 2 is 1.88 bits per heavy atom. The molecule has 8 heteroatoms. The number of nitrogens with zero attached hydrogens (tertiary/aromatic N) is 1. The van der Waals surface area contributed by atoms with Crippen LogP contribution < -0.4 is 14.8 Å². The maximum atomic E-state index is 12.5. The minimum absolute atomic E-state index is 0.113. The van der Waals surface area contributed by atoms with Gasteiger partial charge in [-0.2, -0.15) is 0 Å². The van der Waals surface area contributed by atoms with Crippen LogP contribution in [0.3, 0.4) is 0 Å². The van der Waals surface area contributed by atoms with Crippen molar-refractivity contribution in [3.63, 3.8) is 0 Å². The maximum absolute atomic E-state index is 12.5. The van der Waals surface area contributed by atoms with Crippen molar-refractivity contribution in [3.8, 4) is 11.5 Å². The van der Waals surface area contributed by atoms with Gasteiger partial charge in [0.15, 0.2) is 6.61 Å². The SMILES string of the molecule is COc1ccc(C(NC(=O)COC(=O)c2cccc(OCc3c(C)noc3C)c2)C2CC2)cc1. The van der Waals surface area contributed by atoms with Crippen LogP contribution in [0.2, 0.25) is 0 Å². The Morgan fingerprint density at radius 1 is 1.12 bits per heavy atom. The summed E-state index contributed by atoms with van der Waals surface area (Å²) >= 11 is 0. The summed E-state index contributed by atoms with van der Waals surface area (Å²) < 4.78 is 21.4. The van der Waals surface area contributed by atoms with Crippen LogP contribution in [-0.2, 0) is 16.1 Å². The lowest BCUT2D eigenvalue weighted by atomic mass is 10.0. The summed E-state index contributed by atoms with van der Waals surface area (Å²) in [7, 11) is 1.62. The predicted octanol–water partition coefficient (Wildman–Crippen LogP) is 4.30. The Labute approximate surface area is 198 Å². The first-order valence-corrected chi connectivity index (χ1v) is 11.2. The van der Waals surface area contributed by atoms with Crippen LogP contribution in [0.4, 0.5) is 0 Å². The van der Waals surface area contributed by atoms with Gasteiger partial charge in [-0.1, -0.05) is 23.4 Å². The standard InChI is InChI=1S/C26H28N2O6/c1-16-23(17(2)34-28-16)14-32-22-6-4-5-20(13-22)26(30)33-15-24(29)27-25(18-7-8-18)19-9-11-21(31-3)12-10-19/h4-6,9-13,18,25H,7-8,14-15H2,1-3H3,(H,27,29). The molecule has 8 nitrogen and oxygen atoms in total. The van der Waals surface area contributed by atoms with Crippen molar-refractivity contribution in [1.82, 2.24) is 10.5 Å². The van der Waals surface area contributed by atoms with E-state index in [1.807, 2.05) is 38.1 Å². The number of hydrogen-bond acceptors (Lipinski definition) is 7. The molecule has 1 aliphatic rings. The van der Waals surface area contributed by atoms with Crippen LogP contribution in [0.25, 0.3) is 0 Å². The quantitative estimate of drug-likeness (QED) is 0.447. The van der Waals surface area contributed by atoms with E-state index in [0.717, 1.165) is 35.4 Å². The summed E-state index contributed by atoms with van der Waals surface area (Å²) in [6.07, 6.45) is 2.11. The van der Waals surface area contributed by atoms with Gasteiger partial charge < -0.3 is 24.1 Å². The van der Waals surface area contributed by atoms with Gasteiger partial charge >= 0.3 is 5.97 Å². The zero-order chi connectivity index (χ0) is 24.1. The van der Waals surface area contributed by atoms with E-state index >= 15 is 0 Å². The molecule has 1 fully saturated rings. The first-order valence-electron chi connectivity index (χ1n) is 11.2. The van der Waals surface area contributed by atoms with Gasteiger partial charge in [0, 0.05) is 0 Å². The van der Waals surface area contributed by atoms with E-state index in [1.54, 1.807) is 31.4 Å². The van der Waals surface area contributed by atoms with Gasteiger partial charge in [-0.15, -0.1) is 0 Å². The van der Waals surface area contributed by atoms with Crippen molar-refractivity contribution < 1.29 is 28.3 Å². The number of methoxy groups -OCH3 is 1. The topological polar surface area (TPSA) is 99.9 Å². The second kappa shape index (κ2) is 10.4. The second-order valence-electron chi connectivity index (χ2n) is 8.35. The van der Waals surface area contributed by atoms with Gasteiger partial charge in [0.25, 0.3) is 5.91 Å². The summed E-state index contributed by atoms with van der Waals surface area (Å²) in [6, 6.07) is 14.2. The zero-order valence-electron chi connectivity index (χ0n) is 19.5. The second-order valence-corrected chi connectivity index (χ2v) is 8.35. The number of hydrogen-bond donors (Lipinski definition) is 1. The number of ether oxygens (including phenoxy) is 3. The Hall–Kier alpha value is -3.81. The maximum Gasteiger partial charge on any atom is 0.338 e. The Kier molecular flexibility index (Phi) is 7.15. The molecule has 1 unspecified atom stereocenters. The fourth-order valence-electron chi connectivity index (χ4n) is 3.72. The molecule has 1 aliphatic carbocycles. The van der Waals surface area contributed by atoms with Crippen molar-refractivity contribution in [2.75, 3.05) is 13.7 Å². The number of aromatic nitrogens is 1. The van der Waals surface area contributed by atoms with Gasteiger partial charge in [0.1, 0.15) is 23.9 Å². The fraction of sp³-hybridized carbons (Fsp3) is 0.346. The lowest BCUT2D eigenvalue weighted by Crippen LogP contribution is -2.33. The first kappa shape index (κ1) is 23.4. The zero-order valence-corrected chi connectivity index (χ0v) is 19.5. The fourth-order valence-corrected chi connectivity index (χ4v) is 3.72. The van der Waals surface area contributed by atoms with Crippen LogP contribution in [0.15, 0.2) is 53.1 Å². The molecule has 2 aromatic carbocycles. The van der Waals surface area contributed by atoms with Crippen molar-refractivity contribution in [2.45, 2.75) is 39.3 Å². The third kappa shape index (κ3) is 5.75. The smallest absolute Gasteiger partial charge is 0.338 e. The summed E-state index contributed by atoms with van der Waals surface area (Å²) in [6.45, 7) is 3.58. The number of amides is 1. The molecule has 0 spiro atoms. The number of carbonyl (C=O) groups excluding carboxylic acids is 2. The molecular weight excluding hydrogens is 436 g/mol. The average Bonchev–Trinajstić information content (AvgIpc) is 3.65. The van der Waals surface area contributed by atoms with Crippen LogP contribution in [0.1, 0.15) is 51.8 Å². The van der Waals surface area contributed by atoms with Gasteiger partial charge in [0.05, 0.1) is 30.0 Å². The van der Waals surface area contributed by atoms with Crippen LogP contribution in [-0.4, -0.2) is 30.7 Å². The molecule has 3 aromatic rings. The van der Waals surface area contributed by atoms with Crippen molar-refractivity contribution in [2.24, 2.45) is 5.92 Å². The summed E-state index contributed by atoms with van der Waals surface area (Å²) in [5.41, 5.74) is 2.94. The number of nitrogens with one attached hydrogen (secondary N) is 1. The third-order valence-corrected chi connectivity index (χ3v) is 5.85. The molecule has 0 bridgehead atoms. The van der Waals surface area contributed by atoms with E-state index in [9.17, 15) is 9.59 Å². The number of aryl methyl sites for hydroxylation is 2. The van der Waals surface area contributed by atoms with E-state index in [0.29, 0.717) is 23.0 Å². The van der Waals surface area contributed by atoms with E-state index in [4.69, 9.17) is 18.7 Å². The molecule has 1 amide bonds. The highest BCUT2D eigenvalue weighted by Gasteiger charge is 2.33. The highest BCUT2D eigenvalue weighted by Crippen LogP contribution is 2.41. The molecule has 1 atom stereocenters. The van der Waals surface area contributed by atoms with Gasteiger partial charge in [-0.05, 0) is 68.5 Å². The molecule has 0 saturated heterocycles. The third-order valence-electron chi connectivity index (χ3n) is 5.85. The van der Waals surface area contributed by atoms with E-state index in [2.05, 4.69) is 10.5 Å². The highest BCUT2D eigenvalue weighted by atomic mass is 16.5. The number of benzene rings is 2. The first-order chi connectivity index (χ1) is 16.4. The van der Waals surface area contributed by atoms with Gasteiger partial charge in [0.2, 0.25) is 0 Å². The lowest BCUT2D eigenvalue weighted by Gasteiger charge is -2.19. The average molecular weight is 465 g/mol. The van der Waals surface area contributed by atoms with E-state index < -0.39 is 5.97 Å². The molecule has 1 N–H and O–H groups in total. The molecule has 0 radical (unpaired) electrons.